The summed E-state index contributed by atoms with van der Waals surface area (Å²) in [6.07, 6.45) is 12.0. The Morgan fingerprint density at radius 2 is 1.06 bits per heavy atom. The molecule has 4 heteroatoms. The molecular weight excluding hydrogens is 837 g/mol. The van der Waals surface area contributed by atoms with Crippen LogP contribution in [0.2, 0.25) is 0 Å². The van der Waals surface area contributed by atoms with Gasteiger partial charge in [0.2, 0.25) is 0 Å². The molecule has 1 aliphatic rings. The number of aromatic nitrogens is 2. The van der Waals surface area contributed by atoms with Gasteiger partial charge >= 0.3 is 0 Å². The van der Waals surface area contributed by atoms with Crippen LogP contribution in [0.5, 0.6) is 0 Å². The summed E-state index contributed by atoms with van der Waals surface area (Å²) in [6, 6.07) is 78.0. The molecular formula is C65H54N4. The molecule has 0 bridgehead atoms. The Labute approximate surface area is 405 Å². The molecule has 0 saturated heterocycles. The van der Waals surface area contributed by atoms with Gasteiger partial charge in [-0.2, -0.15) is 5.10 Å². The van der Waals surface area contributed by atoms with Crippen LogP contribution in [0.1, 0.15) is 60.5 Å². The minimum Gasteiger partial charge on any atom is -0.366 e. The van der Waals surface area contributed by atoms with E-state index in [4.69, 9.17) is 10.8 Å². The van der Waals surface area contributed by atoms with Gasteiger partial charge in [-0.05, 0) is 74.7 Å². The predicted molar refractivity (Wildman–Crippen MR) is 290 cm³/mol. The molecule has 10 aromatic rings. The second-order valence-electron chi connectivity index (χ2n) is 18.0. The zero-order valence-electron chi connectivity index (χ0n) is 38.8. The highest BCUT2D eigenvalue weighted by atomic mass is 15.2. The molecule has 1 aliphatic carbocycles. The largest absolute Gasteiger partial charge is 0.366 e. The van der Waals surface area contributed by atoms with Crippen LogP contribution in [0.25, 0.3) is 83.5 Å². The standard InChI is InChI=1S/C65H54N4/c1-45(44-59(51-20-10-4-11-21-51)67-65(66)56-28-16-7-17-29-56)46-32-34-47(35-33-46)48-36-38-49(39-37-48)50-40-42-53(43-41-50)60-57-30-18-19-31-58(57)64-61(52-22-8-2-3-9-23-52)62(54-24-12-5-13-25-54)68-69(64)63(60)55-26-14-6-15-27-55/h2,4-8,10-22,24-45,65,67H,3,9,23,66H2,1H3/b59-44-. The Kier molecular flexibility index (Phi) is 12.2. The van der Waals surface area contributed by atoms with Gasteiger partial charge in [0.15, 0.2) is 0 Å². The lowest BCUT2D eigenvalue weighted by atomic mass is 9.90. The van der Waals surface area contributed by atoms with Crippen molar-refractivity contribution >= 4 is 27.6 Å². The van der Waals surface area contributed by atoms with Crippen molar-refractivity contribution in [1.82, 2.24) is 14.9 Å². The molecule has 3 N–H and O–H groups in total. The molecule has 11 rings (SSSR count). The lowest BCUT2D eigenvalue weighted by molar-refractivity contribution is 0.664. The average molecular weight is 891 g/mol. The smallest absolute Gasteiger partial charge is 0.101 e. The van der Waals surface area contributed by atoms with Crippen LogP contribution in [0.15, 0.2) is 243 Å². The van der Waals surface area contributed by atoms with E-state index in [1.165, 1.54) is 55.3 Å². The van der Waals surface area contributed by atoms with Gasteiger partial charge in [0.25, 0.3) is 0 Å². The number of hydrogen-bond acceptors (Lipinski definition) is 3. The Morgan fingerprint density at radius 1 is 0.536 bits per heavy atom. The summed E-state index contributed by atoms with van der Waals surface area (Å²) in [6.45, 7) is 2.24. The molecule has 4 nitrogen and oxygen atoms in total. The van der Waals surface area contributed by atoms with E-state index < -0.39 is 0 Å². The number of nitrogens with two attached hydrogens (primary N) is 1. The van der Waals surface area contributed by atoms with Crippen molar-refractivity contribution < 1.29 is 0 Å². The fourth-order valence-corrected chi connectivity index (χ4v) is 9.98. The molecule has 0 saturated carbocycles. The van der Waals surface area contributed by atoms with Gasteiger partial charge in [-0.25, -0.2) is 4.52 Å². The van der Waals surface area contributed by atoms with E-state index in [0.717, 1.165) is 69.7 Å². The summed E-state index contributed by atoms with van der Waals surface area (Å²) in [5, 5.41) is 11.6. The van der Waals surface area contributed by atoms with E-state index >= 15 is 0 Å². The Morgan fingerprint density at radius 3 is 1.68 bits per heavy atom. The van der Waals surface area contributed by atoms with Crippen molar-refractivity contribution in [3.63, 3.8) is 0 Å². The molecule has 2 heterocycles. The molecule has 0 radical (unpaired) electrons. The summed E-state index contributed by atoms with van der Waals surface area (Å²) in [7, 11) is 0. The van der Waals surface area contributed by atoms with E-state index in [-0.39, 0.29) is 12.1 Å². The molecule has 2 unspecified atom stereocenters. The van der Waals surface area contributed by atoms with Gasteiger partial charge in [-0.3, -0.25) is 0 Å². The number of benzene rings is 8. The van der Waals surface area contributed by atoms with Crippen LogP contribution >= 0.6 is 0 Å². The van der Waals surface area contributed by atoms with Gasteiger partial charge in [-0.1, -0.05) is 250 Å². The van der Waals surface area contributed by atoms with Crippen LogP contribution < -0.4 is 11.1 Å². The van der Waals surface area contributed by atoms with Crippen molar-refractivity contribution in [3.8, 4) is 55.9 Å². The van der Waals surface area contributed by atoms with Gasteiger partial charge in [0.05, 0.1) is 11.2 Å². The van der Waals surface area contributed by atoms with Crippen molar-refractivity contribution in [1.29, 1.82) is 0 Å². The topological polar surface area (TPSA) is 55.3 Å². The molecule has 0 aliphatic heterocycles. The van der Waals surface area contributed by atoms with Crippen LogP contribution in [0, 0.1) is 0 Å². The monoisotopic (exact) mass is 890 g/mol. The quantitative estimate of drug-likeness (QED) is 0.120. The predicted octanol–water partition coefficient (Wildman–Crippen LogP) is 16.3. The number of fused-ring (bicyclic) bond motifs is 3. The fraction of sp³-hybridized carbons (Fsp3) is 0.0923. The molecule has 2 atom stereocenters. The molecule has 2 aromatic heterocycles. The van der Waals surface area contributed by atoms with Crippen LogP contribution in [0.3, 0.4) is 0 Å². The first kappa shape index (κ1) is 43.3. The lowest BCUT2D eigenvalue weighted by Gasteiger charge is -2.20. The minimum atomic E-state index is -0.325. The maximum atomic E-state index is 6.66. The number of hydrogen-bond donors (Lipinski definition) is 2. The van der Waals surface area contributed by atoms with Gasteiger partial charge in [-0.15, -0.1) is 0 Å². The minimum absolute atomic E-state index is 0.157. The van der Waals surface area contributed by atoms with E-state index in [9.17, 15) is 0 Å². The van der Waals surface area contributed by atoms with Crippen molar-refractivity contribution in [3.05, 3.63) is 265 Å². The first-order valence-corrected chi connectivity index (χ1v) is 24.2. The molecule has 334 valence electrons. The number of nitrogens with one attached hydrogen (secondary N) is 1. The van der Waals surface area contributed by atoms with Crippen LogP contribution in [0.4, 0.5) is 0 Å². The van der Waals surface area contributed by atoms with Crippen LogP contribution in [-0.2, 0) is 0 Å². The zero-order chi connectivity index (χ0) is 46.5. The Balaban J connectivity index is 0.914. The maximum absolute atomic E-state index is 6.66. The van der Waals surface area contributed by atoms with Crippen molar-refractivity contribution in [2.75, 3.05) is 0 Å². The van der Waals surface area contributed by atoms with E-state index in [2.05, 4.69) is 235 Å². The second kappa shape index (κ2) is 19.5. The summed E-state index contributed by atoms with van der Waals surface area (Å²) < 4.78 is 2.25. The zero-order valence-corrected chi connectivity index (χ0v) is 38.8. The normalized spacial score (nSPS) is 13.8. The summed E-state index contributed by atoms with van der Waals surface area (Å²) in [4.78, 5) is 0. The molecule has 8 aromatic carbocycles. The van der Waals surface area contributed by atoms with E-state index in [1.807, 2.05) is 24.3 Å². The molecule has 0 amide bonds. The fourth-order valence-electron chi connectivity index (χ4n) is 9.98. The molecule has 0 spiro atoms. The second-order valence-corrected chi connectivity index (χ2v) is 18.0. The number of pyridine rings is 1. The number of allylic oxidation sites excluding steroid dienone is 5. The number of rotatable bonds is 12. The van der Waals surface area contributed by atoms with Gasteiger partial charge < -0.3 is 11.1 Å². The highest BCUT2D eigenvalue weighted by Crippen LogP contribution is 2.45. The Bertz CT molecular complexity index is 3460. The summed E-state index contributed by atoms with van der Waals surface area (Å²) >= 11 is 0. The average Bonchev–Trinajstić information content (AvgIpc) is 3.61. The highest BCUT2D eigenvalue weighted by Gasteiger charge is 2.26. The Hall–Kier alpha value is -8.31. The SMILES string of the molecule is CC(/C=C(\NC(N)c1ccccc1)c1ccccc1)c1ccc(-c2ccc(-c3ccc(-c4c(-c5ccccc5)n5nc(-c6ccccc6)c(C6=CC=CCCC6)c5c5ccccc45)cc3)cc2)cc1. The summed E-state index contributed by atoms with van der Waals surface area (Å²) in [5.74, 6) is 0.157. The maximum Gasteiger partial charge on any atom is 0.101 e. The first-order chi connectivity index (χ1) is 34.1. The summed E-state index contributed by atoms with van der Waals surface area (Å²) in [5.41, 5.74) is 26.2. The van der Waals surface area contributed by atoms with Gasteiger partial charge in [0, 0.05) is 39.3 Å². The third kappa shape index (κ3) is 8.87. The third-order valence-corrected chi connectivity index (χ3v) is 13.6. The third-order valence-electron chi connectivity index (χ3n) is 13.6. The lowest BCUT2D eigenvalue weighted by Crippen LogP contribution is -2.27. The van der Waals surface area contributed by atoms with E-state index in [0.29, 0.717) is 0 Å². The first-order valence-electron chi connectivity index (χ1n) is 24.2. The molecule has 0 fully saturated rings. The molecule has 69 heavy (non-hydrogen) atoms. The van der Waals surface area contributed by atoms with Crippen molar-refractivity contribution in [2.45, 2.75) is 38.3 Å². The highest BCUT2D eigenvalue weighted by molar-refractivity contribution is 6.13. The van der Waals surface area contributed by atoms with Crippen molar-refractivity contribution in [2.24, 2.45) is 5.73 Å². The number of nitrogens with zero attached hydrogens (tertiary/aromatic N) is 2. The van der Waals surface area contributed by atoms with E-state index in [1.54, 1.807) is 0 Å². The van der Waals surface area contributed by atoms with Gasteiger partial charge in [0.1, 0.15) is 11.9 Å². The van der Waals surface area contributed by atoms with Crippen LogP contribution in [-0.4, -0.2) is 9.61 Å².